The molecule has 0 atom stereocenters. The quantitative estimate of drug-likeness (QED) is 0.596. The van der Waals surface area contributed by atoms with Crippen LogP contribution in [0.15, 0.2) is 36.5 Å². The molecule has 0 fully saturated rings. The Bertz CT molecular complexity index is 786. The van der Waals surface area contributed by atoms with Gasteiger partial charge in [0.25, 0.3) is 0 Å². The lowest BCUT2D eigenvalue weighted by atomic mass is 10.0. The number of pyridine rings is 1. The van der Waals surface area contributed by atoms with Crippen LogP contribution in [0.4, 0.5) is 26.3 Å². The maximum Gasteiger partial charge on any atom is 0.573 e. The number of para-hydroxylation sites is 1. The summed E-state index contributed by atoms with van der Waals surface area (Å²) < 4.78 is 84.4. The zero-order valence-electron chi connectivity index (χ0n) is 12.4. The second-order valence-corrected chi connectivity index (χ2v) is 4.65. The Morgan fingerprint density at radius 3 is 2.28 bits per heavy atom. The fourth-order valence-corrected chi connectivity index (χ4v) is 2.00. The predicted octanol–water partition coefficient (Wildman–Crippen LogP) is 4.45. The molecule has 1 heterocycles. The third-order valence-corrected chi connectivity index (χ3v) is 3.00. The molecule has 0 aliphatic rings. The highest BCUT2D eigenvalue weighted by Crippen LogP contribution is 2.36. The molecule has 4 nitrogen and oxygen atoms in total. The molecule has 0 unspecified atom stereocenters. The minimum Gasteiger partial charge on any atom is -0.465 e. The molecule has 0 amide bonds. The summed E-state index contributed by atoms with van der Waals surface area (Å²) >= 11 is 0. The van der Waals surface area contributed by atoms with E-state index in [1.54, 1.807) is 0 Å². The summed E-state index contributed by atoms with van der Waals surface area (Å²) in [5.74, 6) is -1.97. The van der Waals surface area contributed by atoms with Crippen molar-refractivity contribution >= 4 is 5.97 Å². The van der Waals surface area contributed by atoms with E-state index in [0.29, 0.717) is 12.3 Å². The van der Waals surface area contributed by atoms with Crippen LogP contribution in [-0.2, 0) is 10.9 Å². The first kappa shape index (κ1) is 18.6. The van der Waals surface area contributed by atoms with Gasteiger partial charge in [-0.25, -0.2) is 4.79 Å². The summed E-state index contributed by atoms with van der Waals surface area (Å²) in [6.45, 7) is 0. The molecule has 0 saturated carbocycles. The second kappa shape index (κ2) is 6.61. The second-order valence-electron chi connectivity index (χ2n) is 4.65. The molecule has 0 bridgehead atoms. The van der Waals surface area contributed by atoms with Crippen LogP contribution in [0.25, 0.3) is 11.3 Å². The first-order valence-electron chi connectivity index (χ1n) is 6.53. The highest BCUT2D eigenvalue weighted by molar-refractivity contribution is 5.92. The highest BCUT2D eigenvalue weighted by atomic mass is 19.4. The van der Waals surface area contributed by atoms with E-state index < -0.39 is 35.4 Å². The van der Waals surface area contributed by atoms with Crippen LogP contribution in [0, 0.1) is 0 Å². The Balaban J connectivity index is 2.60. The maximum atomic E-state index is 13.0. The third kappa shape index (κ3) is 4.40. The molecule has 0 radical (unpaired) electrons. The monoisotopic (exact) mass is 365 g/mol. The standard InChI is InChI=1S/C15H9F6NO3/c1-24-13(23)9-6-11(22-7-10(9)14(16,17)18)8-4-2-3-5-12(8)25-15(19,20)21/h2-7H,1H3. The number of hydrogen-bond acceptors (Lipinski definition) is 4. The average molecular weight is 365 g/mol. The van der Waals surface area contributed by atoms with Crippen molar-refractivity contribution in [1.82, 2.24) is 4.98 Å². The zero-order chi connectivity index (χ0) is 18.8. The van der Waals surface area contributed by atoms with Crippen LogP contribution < -0.4 is 4.74 Å². The number of hydrogen-bond donors (Lipinski definition) is 0. The zero-order valence-corrected chi connectivity index (χ0v) is 12.4. The normalized spacial score (nSPS) is 12.0. The topological polar surface area (TPSA) is 48.4 Å². The van der Waals surface area contributed by atoms with Crippen molar-refractivity contribution in [3.05, 3.63) is 47.7 Å². The van der Waals surface area contributed by atoms with E-state index in [1.807, 2.05) is 0 Å². The van der Waals surface area contributed by atoms with Crippen molar-refractivity contribution in [2.75, 3.05) is 7.11 Å². The van der Waals surface area contributed by atoms with Gasteiger partial charge in [-0.3, -0.25) is 4.98 Å². The minimum absolute atomic E-state index is 0.237. The molecular formula is C15H9F6NO3. The Labute approximate surface area is 137 Å². The number of esters is 1. The van der Waals surface area contributed by atoms with Crippen LogP contribution in [0.1, 0.15) is 15.9 Å². The number of ether oxygens (including phenoxy) is 2. The van der Waals surface area contributed by atoms with E-state index in [0.717, 1.165) is 19.2 Å². The van der Waals surface area contributed by atoms with Crippen molar-refractivity contribution in [3.8, 4) is 17.0 Å². The number of aromatic nitrogens is 1. The van der Waals surface area contributed by atoms with Crippen LogP contribution in [0.3, 0.4) is 0 Å². The largest absolute Gasteiger partial charge is 0.573 e. The van der Waals surface area contributed by atoms with Crippen molar-refractivity contribution in [2.45, 2.75) is 12.5 Å². The molecule has 0 N–H and O–H groups in total. The summed E-state index contributed by atoms with van der Waals surface area (Å²) in [6, 6.07) is 5.43. The Morgan fingerprint density at radius 1 is 1.08 bits per heavy atom. The first-order chi connectivity index (χ1) is 11.5. The number of nitrogens with zero attached hydrogens (tertiary/aromatic N) is 1. The van der Waals surface area contributed by atoms with Crippen molar-refractivity contribution in [3.63, 3.8) is 0 Å². The Hall–Kier alpha value is -2.78. The summed E-state index contributed by atoms with van der Waals surface area (Å²) in [4.78, 5) is 15.1. The predicted molar refractivity (Wildman–Crippen MR) is 72.7 cm³/mol. The first-order valence-corrected chi connectivity index (χ1v) is 6.53. The summed E-state index contributed by atoms with van der Waals surface area (Å²) in [5, 5.41) is 0. The molecule has 0 spiro atoms. The third-order valence-electron chi connectivity index (χ3n) is 3.00. The van der Waals surface area contributed by atoms with Gasteiger partial charge in [0.1, 0.15) is 5.75 Å². The van der Waals surface area contributed by atoms with Crippen LogP contribution in [-0.4, -0.2) is 24.4 Å². The molecule has 0 saturated heterocycles. The van der Waals surface area contributed by atoms with E-state index in [4.69, 9.17) is 0 Å². The molecule has 25 heavy (non-hydrogen) atoms. The highest BCUT2D eigenvalue weighted by Gasteiger charge is 2.37. The van der Waals surface area contributed by atoms with Gasteiger partial charge in [-0.1, -0.05) is 12.1 Å². The van der Waals surface area contributed by atoms with Gasteiger partial charge < -0.3 is 9.47 Å². The van der Waals surface area contributed by atoms with Crippen molar-refractivity contribution < 1.29 is 40.6 Å². The van der Waals surface area contributed by atoms with Gasteiger partial charge >= 0.3 is 18.5 Å². The molecule has 1 aromatic carbocycles. The fourth-order valence-electron chi connectivity index (χ4n) is 2.00. The molecule has 0 aliphatic heterocycles. The molecule has 2 rings (SSSR count). The minimum atomic E-state index is -5.01. The molecule has 2 aromatic rings. The number of rotatable bonds is 3. The molecule has 10 heteroatoms. The molecule has 134 valence electrons. The van der Waals surface area contributed by atoms with E-state index in [2.05, 4.69) is 14.5 Å². The van der Waals surface area contributed by atoms with E-state index >= 15 is 0 Å². The van der Waals surface area contributed by atoms with Gasteiger partial charge in [0.15, 0.2) is 0 Å². The van der Waals surface area contributed by atoms with Gasteiger partial charge in [-0.05, 0) is 18.2 Å². The number of benzene rings is 1. The van der Waals surface area contributed by atoms with Gasteiger partial charge in [0, 0.05) is 11.8 Å². The van der Waals surface area contributed by atoms with Crippen LogP contribution in [0.2, 0.25) is 0 Å². The molecular weight excluding hydrogens is 356 g/mol. The lowest BCUT2D eigenvalue weighted by molar-refractivity contribution is -0.274. The Morgan fingerprint density at radius 2 is 1.72 bits per heavy atom. The van der Waals surface area contributed by atoms with E-state index in [1.165, 1.54) is 12.1 Å². The lowest BCUT2D eigenvalue weighted by Gasteiger charge is -2.15. The summed E-state index contributed by atoms with van der Waals surface area (Å²) in [5.41, 5.74) is -2.79. The van der Waals surface area contributed by atoms with Crippen LogP contribution in [0.5, 0.6) is 5.75 Å². The summed E-state index contributed by atoms with van der Waals surface area (Å²) in [6.07, 6.45) is -9.55. The Kier molecular flexibility index (Phi) is 4.91. The molecule has 1 aromatic heterocycles. The molecule has 0 aliphatic carbocycles. The van der Waals surface area contributed by atoms with Gasteiger partial charge in [0.05, 0.1) is 23.9 Å². The van der Waals surface area contributed by atoms with Gasteiger partial charge in [0.2, 0.25) is 0 Å². The van der Waals surface area contributed by atoms with Crippen LogP contribution >= 0.6 is 0 Å². The number of alkyl halides is 6. The number of carbonyl (C=O) groups excluding carboxylic acids is 1. The maximum absolute atomic E-state index is 13.0. The number of halogens is 6. The van der Waals surface area contributed by atoms with Crippen molar-refractivity contribution in [1.29, 1.82) is 0 Å². The summed E-state index contributed by atoms with van der Waals surface area (Å²) in [7, 11) is 0.878. The average Bonchev–Trinajstić information content (AvgIpc) is 2.51. The van der Waals surface area contributed by atoms with Crippen molar-refractivity contribution in [2.24, 2.45) is 0 Å². The lowest BCUT2D eigenvalue weighted by Crippen LogP contribution is -2.18. The number of methoxy groups -OCH3 is 1. The van der Waals surface area contributed by atoms with Gasteiger partial charge in [-0.2, -0.15) is 13.2 Å². The fraction of sp³-hybridized carbons (Fsp3) is 0.200. The van der Waals surface area contributed by atoms with E-state index in [-0.39, 0.29) is 11.3 Å². The van der Waals surface area contributed by atoms with Gasteiger partial charge in [-0.15, -0.1) is 13.2 Å². The van der Waals surface area contributed by atoms with E-state index in [9.17, 15) is 31.1 Å². The smallest absolute Gasteiger partial charge is 0.465 e. The SMILES string of the molecule is COC(=O)c1cc(-c2ccccc2OC(F)(F)F)ncc1C(F)(F)F. The number of carbonyl (C=O) groups is 1.